The summed E-state index contributed by atoms with van der Waals surface area (Å²) in [5, 5.41) is 7.66. The molecule has 9 aromatic rings. The predicted octanol–water partition coefficient (Wildman–Crippen LogP) is 14.1. The molecule has 1 aliphatic carbocycles. The van der Waals surface area contributed by atoms with Crippen molar-refractivity contribution in [3.05, 3.63) is 193 Å². The van der Waals surface area contributed by atoms with Crippen LogP contribution in [0.15, 0.2) is 182 Å². The summed E-state index contributed by atoms with van der Waals surface area (Å²) >= 11 is 0. The fourth-order valence-corrected chi connectivity index (χ4v) is 8.73. The zero-order chi connectivity index (χ0) is 34.1. The van der Waals surface area contributed by atoms with Crippen LogP contribution in [0.2, 0.25) is 0 Å². The van der Waals surface area contributed by atoms with Crippen molar-refractivity contribution in [3.8, 4) is 55.6 Å². The molecule has 9 aromatic carbocycles. The summed E-state index contributed by atoms with van der Waals surface area (Å²) in [5.41, 5.74) is 15.5. The molecule has 10 rings (SSSR count). The third-order valence-electron chi connectivity index (χ3n) is 11.3. The minimum atomic E-state index is -0.0882. The summed E-state index contributed by atoms with van der Waals surface area (Å²) in [6, 6.07) is 67.3. The lowest BCUT2D eigenvalue weighted by Crippen LogP contribution is -2.15. The van der Waals surface area contributed by atoms with Gasteiger partial charge in [-0.1, -0.05) is 184 Å². The quantitative estimate of drug-likeness (QED) is 0.167. The van der Waals surface area contributed by atoms with E-state index in [1.54, 1.807) is 0 Å². The summed E-state index contributed by atoms with van der Waals surface area (Å²) in [6.45, 7) is 4.74. The Morgan fingerprint density at radius 3 is 1.31 bits per heavy atom. The second-order valence-corrected chi connectivity index (χ2v) is 14.5. The van der Waals surface area contributed by atoms with Crippen LogP contribution < -0.4 is 0 Å². The zero-order valence-corrected chi connectivity index (χ0v) is 28.8. The highest BCUT2D eigenvalue weighted by Gasteiger charge is 2.36. The van der Waals surface area contributed by atoms with E-state index in [-0.39, 0.29) is 5.41 Å². The lowest BCUT2D eigenvalue weighted by atomic mass is 9.80. The van der Waals surface area contributed by atoms with E-state index < -0.39 is 0 Å². The predicted molar refractivity (Wildman–Crippen MR) is 218 cm³/mol. The highest BCUT2D eigenvalue weighted by atomic mass is 14.4. The van der Waals surface area contributed by atoms with Crippen molar-refractivity contribution >= 4 is 32.3 Å². The third kappa shape index (κ3) is 4.60. The maximum atomic E-state index is 2.43. The molecule has 0 aliphatic heterocycles. The fourth-order valence-electron chi connectivity index (χ4n) is 8.73. The highest BCUT2D eigenvalue weighted by Crippen LogP contribution is 2.51. The Hall–Kier alpha value is -6.24. The van der Waals surface area contributed by atoms with Gasteiger partial charge >= 0.3 is 0 Å². The maximum Gasteiger partial charge on any atom is 0.0159 e. The Balaban J connectivity index is 1.08. The minimum Gasteiger partial charge on any atom is -0.0622 e. The summed E-state index contributed by atoms with van der Waals surface area (Å²) in [5.74, 6) is 0. The van der Waals surface area contributed by atoms with Gasteiger partial charge in [-0.2, -0.15) is 0 Å². The topological polar surface area (TPSA) is 0 Å². The first-order valence-corrected chi connectivity index (χ1v) is 17.9. The number of fused-ring (bicyclic) bond motifs is 6. The van der Waals surface area contributed by atoms with E-state index in [1.807, 2.05) is 0 Å². The van der Waals surface area contributed by atoms with Crippen LogP contribution in [0.4, 0.5) is 0 Å². The van der Waals surface area contributed by atoms with Crippen molar-refractivity contribution in [1.29, 1.82) is 0 Å². The van der Waals surface area contributed by atoms with Gasteiger partial charge in [-0.3, -0.25) is 0 Å². The number of rotatable bonds is 4. The van der Waals surface area contributed by atoms with Crippen LogP contribution >= 0.6 is 0 Å². The zero-order valence-electron chi connectivity index (χ0n) is 28.8. The van der Waals surface area contributed by atoms with E-state index in [1.165, 1.54) is 99.1 Å². The van der Waals surface area contributed by atoms with Gasteiger partial charge in [0, 0.05) is 5.41 Å². The fraction of sp³-hybridized carbons (Fsp3) is 0.0588. The molecule has 240 valence electrons. The van der Waals surface area contributed by atoms with Crippen LogP contribution in [-0.2, 0) is 5.41 Å². The van der Waals surface area contributed by atoms with Gasteiger partial charge in [-0.25, -0.2) is 0 Å². The van der Waals surface area contributed by atoms with Crippen molar-refractivity contribution in [2.75, 3.05) is 0 Å². The van der Waals surface area contributed by atoms with Crippen LogP contribution in [0.3, 0.4) is 0 Å². The standard InChI is InChI=1S/C51H36/c1-51(2)47-31-37(33-13-4-3-5-14-33)27-29-40(47)41-30-28-38(32-48(41)51)34-23-25-36(26-24-34)49-43-18-8-10-20-45(43)50(46-21-11-9-19-44(46)49)42-22-12-16-35-15-6-7-17-39(35)42/h3-32H,1-2H3. The molecule has 0 saturated carbocycles. The molecule has 0 nitrogen and oxygen atoms in total. The molecule has 0 atom stereocenters. The van der Waals surface area contributed by atoms with Gasteiger partial charge in [0.15, 0.2) is 0 Å². The Morgan fingerprint density at radius 1 is 0.294 bits per heavy atom. The third-order valence-corrected chi connectivity index (χ3v) is 11.3. The van der Waals surface area contributed by atoms with Crippen molar-refractivity contribution in [2.24, 2.45) is 0 Å². The highest BCUT2D eigenvalue weighted by molar-refractivity contribution is 6.23. The molecule has 0 saturated heterocycles. The monoisotopic (exact) mass is 648 g/mol. The molecule has 0 spiro atoms. The molecule has 0 fully saturated rings. The molecule has 0 radical (unpaired) electrons. The molecule has 0 N–H and O–H groups in total. The van der Waals surface area contributed by atoms with Crippen LogP contribution in [0.25, 0.3) is 88.0 Å². The second kappa shape index (κ2) is 11.4. The number of hydrogen-bond acceptors (Lipinski definition) is 0. The van der Waals surface area contributed by atoms with Gasteiger partial charge in [0.1, 0.15) is 0 Å². The van der Waals surface area contributed by atoms with Gasteiger partial charge in [-0.05, 0) is 111 Å². The molecule has 0 unspecified atom stereocenters. The Labute approximate surface area is 299 Å². The Bertz CT molecular complexity index is 2740. The minimum absolute atomic E-state index is 0.0882. The van der Waals surface area contributed by atoms with Crippen LogP contribution in [0, 0.1) is 0 Å². The first-order valence-electron chi connectivity index (χ1n) is 17.9. The van der Waals surface area contributed by atoms with E-state index in [0.29, 0.717) is 0 Å². The summed E-state index contributed by atoms with van der Waals surface area (Å²) in [4.78, 5) is 0. The Kier molecular flexibility index (Phi) is 6.63. The summed E-state index contributed by atoms with van der Waals surface area (Å²) in [6.07, 6.45) is 0. The molecular formula is C51H36. The average molecular weight is 649 g/mol. The molecule has 0 heterocycles. The van der Waals surface area contributed by atoms with Gasteiger partial charge < -0.3 is 0 Å². The molecule has 0 heteroatoms. The van der Waals surface area contributed by atoms with Gasteiger partial charge in [-0.15, -0.1) is 0 Å². The van der Waals surface area contributed by atoms with Crippen molar-refractivity contribution in [2.45, 2.75) is 19.3 Å². The average Bonchev–Trinajstić information content (AvgIpc) is 3.42. The van der Waals surface area contributed by atoms with E-state index in [2.05, 4.69) is 196 Å². The van der Waals surface area contributed by atoms with Gasteiger partial charge in [0.2, 0.25) is 0 Å². The molecule has 51 heavy (non-hydrogen) atoms. The molecule has 0 bridgehead atoms. The van der Waals surface area contributed by atoms with Gasteiger partial charge in [0.05, 0.1) is 0 Å². The largest absolute Gasteiger partial charge is 0.0622 e. The SMILES string of the molecule is CC1(C)c2cc(-c3ccccc3)ccc2-c2ccc(-c3ccc(-c4c5ccccc5c(-c5cccc6ccccc56)c5ccccc45)cc3)cc21. The van der Waals surface area contributed by atoms with Crippen molar-refractivity contribution in [3.63, 3.8) is 0 Å². The van der Waals surface area contributed by atoms with Crippen LogP contribution in [0.1, 0.15) is 25.0 Å². The Morgan fingerprint density at radius 2 is 0.725 bits per heavy atom. The molecule has 1 aliphatic rings. The van der Waals surface area contributed by atoms with Crippen molar-refractivity contribution in [1.82, 2.24) is 0 Å². The van der Waals surface area contributed by atoms with E-state index >= 15 is 0 Å². The van der Waals surface area contributed by atoms with E-state index in [9.17, 15) is 0 Å². The maximum absolute atomic E-state index is 2.43. The van der Waals surface area contributed by atoms with E-state index in [4.69, 9.17) is 0 Å². The van der Waals surface area contributed by atoms with Crippen molar-refractivity contribution < 1.29 is 0 Å². The van der Waals surface area contributed by atoms with E-state index in [0.717, 1.165) is 0 Å². The summed E-state index contributed by atoms with van der Waals surface area (Å²) < 4.78 is 0. The number of hydrogen-bond donors (Lipinski definition) is 0. The number of benzene rings is 9. The van der Waals surface area contributed by atoms with Gasteiger partial charge in [0.25, 0.3) is 0 Å². The van der Waals surface area contributed by atoms with Crippen LogP contribution in [-0.4, -0.2) is 0 Å². The lowest BCUT2D eigenvalue weighted by molar-refractivity contribution is 0.661. The normalized spacial score (nSPS) is 13.1. The molecular weight excluding hydrogens is 613 g/mol. The molecule has 0 amide bonds. The first kappa shape index (κ1) is 29.7. The lowest BCUT2D eigenvalue weighted by Gasteiger charge is -2.22. The van der Waals surface area contributed by atoms with Crippen LogP contribution in [0.5, 0.6) is 0 Å². The second-order valence-electron chi connectivity index (χ2n) is 14.5. The first-order chi connectivity index (χ1) is 25.1. The summed E-state index contributed by atoms with van der Waals surface area (Å²) in [7, 11) is 0. The molecule has 0 aromatic heterocycles. The smallest absolute Gasteiger partial charge is 0.0159 e.